The number of halogens is 1. The number of rotatable bonds is 3. The van der Waals surface area contributed by atoms with Crippen molar-refractivity contribution in [1.82, 2.24) is 10.3 Å². The molecule has 2 unspecified atom stereocenters. The summed E-state index contributed by atoms with van der Waals surface area (Å²) in [5.41, 5.74) is 0. The second-order valence-corrected chi connectivity index (χ2v) is 4.55. The Labute approximate surface area is 111 Å². The summed E-state index contributed by atoms with van der Waals surface area (Å²) >= 11 is 3.22. The molecule has 96 valence electrons. The monoisotopic (exact) mass is 315 g/mol. The van der Waals surface area contributed by atoms with Gasteiger partial charge < -0.3 is 20.5 Å². The zero-order chi connectivity index (χ0) is 13.3. The molecule has 2 heterocycles. The molecule has 0 saturated carbocycles. The Morgan fingerprint density at radius 3 is 3.06 bits per heavy atom. The molecule has 1 aromatic heterocycles. The van der Waals surface area contributed by atoms with E-state index in [1.165, 1.54) is 13.2 Å². The molecular weight excluding hydrogens is 306 g/mol. The van der Waals surface area contributed by atoms with Gasteiger partial charge in [-0.2, -0.15) is 0 Å². The van der Waals surface area contributed by atoms with Gasteiger partial charge in [0.15, 0.2) is 17.6 Å². The number of hydrogen-bond acceptors (Lipinski definition) is 5. The summed E-state index contributed by atoms with van der Waals surface area (Å²) in [6.45, 7) is 0. The van der Waals surface area contributed by atoms with E-state index in [9.17, 15) is 9.59 Å². The largest absolute Gasteiger partial charge is 0.480 e. The van der Waals surface area contributed by atoms with Crippen LogP contribution in [0.3, 0.4) is 0 Å². The van der Waals surface area contributed by atoms with Gasteiger partial charge in [-0.15, -0.1) is 0 Å². The van der Waals surface area contributed by atoms with Crippen LogP contribution in [-0.4, -0.2) is 41.2 Å². The Morgan fingerprint density at radius 2 is 2.44 bits per heavy atom. The average Bonchev–Trinajstić information content (AvgIpc) is 2.31. The molecule has 0 fully saturated rings. The zero-order valence-electron chi connectivity index (χ0n) is 9.31. The van der Waals surface area contributed by atoms with Crippen LogP contribution < -0.4 is 15.4 Å². The molecule has 1 aliphatic rings. The fourth-order valence-electron chi connectivity index (χ4n) is 1.61. The smallest absolute Gasteiger partial charge is 0.325 e. The molecule has 0 saturated heterocycles. The summed E-state index contributed by atoms with van der Waals surface area (Å²) in [4.78, 5) is 26.7. The zero-order valence-corrected chi connectivity index (χ0v) is 10.9. The van der Waals surface area contributed by atoms with Crippen molar-refractivity contribution in [3.63, 3.8) is 0 Å². The lowest BCUT2D eigenvalue weighted by molar-refractivity contribution is -0.145. The number of carboxylic acid groups (broad SMARTS) is 1. The molecule has 8 heteroatoms. The highest BCUT2D eigenvalue weighted by Crippen LogP contribution is 2.30. The van der Waals surface area contributed by atoms with Crippen LogP contribution in [0.25, 0.3) is 0 Å². The van der Waals surface area contributed by atoms with Crippen LogP contribution in [0.15, 0.2) is 16.7 Å². The highest BCUT2D eigenvalue weighted by molar-refractivity contribution is 9.10. The Bertz CT molecular complexity index is 508. The van der Waals surface area contributed by atoms with E-state index >= 15 is 0 Å². The number of pyridine rings is 1. The molecule has 0 radical (unpaired) electrons. The summed E-state index contributed by atoms with van der Waals surface area (Å²) in [7, 11) is 1.45. The number of fused-ring (bicyclic) bond motifs is 1. The van der Waals surface area contributed by atoms with E-state index in [4.69, 9.17) is 9.84 Å². The van der Waals surface area contributed by atoms with Crippen molar-refractivity contribution >= 4 is 33.6 Å². The van der Waals surface area contributed by atoms with Crippen molar-refractivity contribution in [3.05, 3.63) is 16.7 Å². The van der Waals surface area contributed by atoms with E-state index in [0.717, 1.165) is 0 Å². The number of likely N-dealkylation sites (N-methyl/N-ethyl adjacent to an activating group) is 1. The predicted molar refractivity (Wildman–Crippen MR) is 65.5 cm³/mol. The lowest BCUT2D eigenvalue weighted by Gasteiger charge is -2.28. The van der Waals surface area contributed by atoms with Gasteiger partial charge in [0, 0.05) is 10.7 Å². The first-order valence-corrected chi connectivity index (χ1v) is 5.85. The molecule has 0 bridgehead atoms. The number of aromatic nitrogens is 1. The number of amides is 1. The van der Waals surface area contributed by atoms with Gasteiger partial charge in [0.2, 0.25) is 6.10 Å². The van der Waals surface area contributed by atoms with E-state index in [-0.39, 0.29) is 5.82 Å². The standard InChI is InChI=1S/C10H10BrN3O4/c1-12-6(10(16)17)7-9(15)14-8-5(18-7)2-4(11)3-13-8/h2-3,6-7,12H,1H3,(H,16,17)(H,13,14,15). The molecule has 2 rings (SSSR count). The van der Waals surface area contributed by atoms with Gasteiger partial charge in [-0.05, 0) is 29.0 Å². The number of carbonyl (C=O) groups is 2. The molecule has 0 aliphatic carbocycles. The van der Waals surface area contributed by atoms with E-state index in [0.29, 0.717) is 10.2 Å². The maximum absolute atomic E-state index is 11.8. The number of carbonyl (C=O) groups excluding carboxylic acids is 1. The lowest BCUT2D eigenvalue weighted by Crippen LogP contribution is -2.54. The Kier molecular flexibility index (Phi) is 3.48. The molecule has 0 aromatic carbocycles. The molecular formula is C10H10BrN3O4. The van der Waals surface area contributed by atoms with Crippen molar-refractivity contribution in [2.75, 3.05) is 12.4 Å². The molecule has 1 amide bonds. The number of aliphatic carboxylic acids is 1. The SMILES string of the molecule is CNC(C(=O)O)C1Oc2cc(Br)cnc2NC1=O. The third kappa shape index (κ3) is 2.29. The number of anilines is 1. The van der Waals surface area contributed by atoms with Crippen LogP contribution in [0.2, 0.25) is 0 Å². The molecule has 2 atom stereocenters. The number of ether oxygens (including phenoxy) is 1. The van der Waals surface area contributed by atoms with Crippen LogP contribution in [0.1, 0.15) is 0 Å². The van der Waals surface area contributed by atoms with Crippen molar-refractivity contribution in [3.8, 4) is 5.75 Å². The molecule has 3 N–H and O–H groups in total. The number of carboxylic acids is 1. The Hall–Kier alpha value is -1.67. The minimum atomic E-state index is -1.16. The van der Waals surface area contributed by atoms with Gasteiger partial charge in [0.25, 0.3) is 5.91 Å². The van der Waals surface area contributed by atoms with Gasteiger partial charge in [0.05, 0.1) is 0 Å². The summed E-state index contributed by atoms with van der Waals surface area (Å²) in [5.74, 6) is -1.10. The quantitative estimate of drug-likeness (QED) is 0.737. The number of hydrogen-bond donors (Lipinski definition) is 3. The third-order valence-corrected chi connectivity index (χ3v) is 2.89. The van der Waals surface area contributed by atoms with E-state index in [2.05, 4.69) is 31.5 Å². The second kappa shape index (κ2) is 4.91. The van der Waals surface area contributed by atoms with Crippen LogP contribution >= 0.6 is 15.9 Å². The predicted octanol–water partition coefficient (Wildman–Crippen LogP) is 0.216. The molecule has 1 aliphatic heterocycles. The van der Waals surface area contributed by atoms with Crippen molar-refractivity contribution < 1.29 is 19.4 Å². The first-order valence-electron chi connectivity index (χ1n) is 5.06. The van der Waals surface area contributed by atoms with E-state index in [1.54, 1.807) is 6.07 Å². The Balaban J connectivity index is 2.32. The van der Waals surface area contributed by atoms with Crippen LogP contribution in [0.4, 0.5) is 5.82 Å². The highest BCUT2D eigenvalue weighted by Gasteiger charge is 2.38. The number of nitrogens with zero attached hydrogens (tertiary/aromatic N) is 1. The highest BCUT2D eigenvalue weighted by atomic mass is 79.9. The summed E-state index contributed by atoms with van der Waals surface area (Å²) in [6.07, 6.45) is 0.367. The molecule has 1 aromatic rings. The van der Waals surface area contributed by atoms with Gasteiger partial charge in [-0.3, -0.25) is 9.59 Å². The molecule has 18 heavy (non-hydrogen) atoms. The topological polar surface area (TPSA) is 101 Å². The average molecular weight is 316 g/mol. The van der Waals surface area contributed by atoms with Gasteiger partial charge in [0.1, 0.15) is 0 Å². The molecule has 7 nitrogen and oxygen atoms in total. The summed E-state index contributed by atoms with van der Waals surface area (Å²) < 4.78 is 6.07. The maximum atomic E-state index is 11.8. The summed E-state index contributed by atoms with van der Waals surface area (Å²) in [6, 6.07) is 0.487. The van der Waals surface area contributed by atoms with Gasteiger partial charge in [-0.1, -0.05) is 0 Å². The van der Waals surface area contributed by atoms with E-state index in [1.807, 2.05) is 0 Å². The maximum Gasteiger partial charge on any atom is 0.325 e. The van der Waals surface area contributed by atoms with Crippen molar-refractivity contribution in [2.45, 2.75) is 12.1 Å². The fourth-order valence-corrected chi connectivity index (χ4v) is 1.92. The van der Waals surface area contributed by atoms with Crippen LogP contribution in [0.5, 0.6) is 5.75 Å². The second-order valence-electron chi connectivity index (χ2n) is 3.63. The number of nitrogens with one attached hydrogen (secondary N) is 2. The summed E-state index contributed by atoms with van der Waals surface area (Å²) in [5, 5.41) is 14.0. The minimum absolute atomic E-state index is 0.277. The first kappa shape index (κ1) is 12.8. The normalized spacial score (nSPS) is 19.4. The van der Waals surface area contributed by atoms with E-state index < -0.39 is 24.0 Å². The Morgan fingerprint density at radius 1 is 1.72 bits per heavy atom. The lowest BCUT2D eigenvalue weighted by atomic mass is 10.1. The van der Waals surface area contributed by atoms with Gasteiger partial charge >= 0.3 is 5.97 Å². The minimum Gasteiger partial charge on any atom is -0.480 e. The molecule has 0 spiro atoms. The van der Waals surface area contributed by atoms with Gasteiger partial charge in [-0.25, -0.2) is 4.98 Å². The first-order chi connectivity index (χ1) is 8.52. The van der Waals surface area contributed by atoms with Crippen LogP contribution in [-0.2, 0) is 9.59 Å². The van der Waals surface area contributed by atoms with Crippen molar-refractivity contribution in [2.24, 2.45) is 0 Å². The van der Waals surface area contributed by atoms with Crippen molar-refractivity contribution in [1.29, 1.82) is 0 Å². The fraction of sp³-hybridized carbons (Fsp3) is 0.300. The third-order valence-electron chi connectivity index (χ3n) is 2.45. The van der Waals surface area contributed by atoms with Crippen LogP contribution in [0, 0.1) is 0 Å².